The Morgan fingerprint density at radius 2 is 1.95 bits per heavy atom. The normalized spacial score (nSPS) is 9.05. The van der Waals surface area contributed by atoms with Crippen LogP contribution in [0.5, 0.6) is 5.75 Å². The quantitative estimate of drug-likeness (QED) is 0.584. The molecule has 0 bridgehead atoms. The van der Waals surface area contributed by atoms with E-state index in [1.165, 1.54) is 0 Å². The molecule has 0 aliphatic heterocycles. The van der Waals surface area contributed by atoms with Crippen LogP contribution in [0.25, 0.3) is 4.85 Å². The molecule has 0 aliphatic rings. The van der Waals surface area contributed by atoms with Gasteiger partial charge in [-0.25, -0.2) is 4.85 Å². The molecule has 0 fully saturated rings. The van der Waals surface area contributed by atoms with Crippen molar-refractivity contribution in [1.82, 2.24) is 0 Å². The summed E-state index contributed by atoms with van der Waals surface area (Å²) in [5, 5.41) is 0.522. The lowest BCUT2D eigenvalue weighted by Gasteiger charge is -2.04. The SMILES string of the molecule is [C-]#[N+]c1cc(Cl)ccc1OCC#Cc1ccccc1. The van der Waals surface area contributed by atoms with Gasteiger partial charge in [0.2, 0.25) is 5.69 Å². The Kier molecular flexibility index (Phi) is 4.45. The Bertz CT molecular complexity index is 663. The molecule has 92 valence electrons. The Morgan fingerprint density at radius 1 is 1.16 bits per heavy atom. The largest absolute Gasteiger partial charge is 0.492 e. The van der Waals surface area contributed by atoms with Crippen LogP contribution in [0.1, 0.15) is 5.56 Å². The van der Waals surface area contributed by atoms with E-state index in [2.05, 4.69) is 16.7 Å². The maximum Gasteiger partial charge on any atom is 0.229 e. The second-order valence-corrected chi connectivity index (χ2v) is 4.12. The molecule has 0 aromatic heterocycles. The van der Waals surface area contributed by atoms with Crippen molar-refractivity contribution in [3.8, 4) is 17.6 Å². The van der Waals surface area contributed by atoms with E-state index in [1.807, 2.05) is 30.3 Å². The van der Waals surface area contributed by atoms with Gasteiger partial charge in [0.1, 0.15) is 12.4 Å². The summed E-state index contributed by atoms with van der Waals surface area (Å²) in [7, 11) is 0. The zero-order valence-corrected chi connectivity index (χ0v) is 10.8. The third-order valence-electron chi connectivity index (χ3n) is 2.35. The van der Waals surface area contributed by atoms with Crippen LogP contribution in [0.15, 0.2) is 48.5 Å². The number of hydrogen-bond donors (Lipinski definition) is 0. The number of ether oxygens (including phenoxy) is 1. The predicted octanol–water partition coefficient (Wildman–Crippen LogP) is 4.32. The van der Waals surface area contributed by atoms with Gasteiger partial charge >= 0.3 is 0 Å². The van der Waals surface area contributed by atoms with Gasteiger partial charge < -0.3 is 4.74 Å². The molecule has 2 nitrogen and oxygen atoms in total. The van der Waals surface area contributed by atoms with Crippen LogP contribution in [0, 0.1) is 18.4 Å². The Balaban J connectivity index is 2.01. The summed E-state index contributed by atoms with van der Waals surface area (Å²) in [6, 6.07) is 14.6. The van der Waals surface area contributed by atoms with Gasteiger partial charge in [-0.1, -0.05) is 41.6 Å². The molecular weight excluding hydrogens is 258 g/mol. The molecule has 0 saturated carbocycles. The average Bonchev–Trinajstić information content (AvgIpc) is 2.46. The van der Waals surface area contributed by atoms with Crippen molar-refractivity contribution in [1.29, 1.82) is 0 Å². The Morgan fingerprint density at radius 3 is 2.68 bits per heavy atom. The third kappa shape index (κ3) is 3.78. The minimum Gasteiger partial charge on any atom is -0.492 e. The first-order valence-corrected chi connectivity index (χ1v) is 6.01. The van der Waals surface area contributed by atoms with Gasteiger partial charge in [-0.3, -0.25) is 0 Å². The molecule has 0 unspecified atom stereocenters. The van der Waals surface area contributed by atoms with Crippen molar-refractivity contribution in [2.24, 2.45) is 0 Å². The van der Waals surface area contributed by atoms with Crippen LogP contribution in [-0.2, 0) is 0 Å². The summed E-state index contributed by atoms with van der Waals surface area (Å²) in [4.78, 5) is 3.36. The summed E-state index contributed by atoms with van der Waals surface area (Å²) in [5.74, 6) is 6.39. The topological polar surface area (TPSA) is 13.6 Å². The monoisotopic (exact) mass is 267 g/mol. The van der Waals surface area contributed by atoms with Gasteiger partial charge in [0.25, 0.3) is 0 Å². The summed E-state index contributed by atoms with van der Waals surface area (Å²) >= 11 is 5.81. The second-order valence-electron chi connectivity index (χ2n) is 3.68. The van der Waals surface area contributed by atoms with Crippen LogP contribution in [-0.4, -0.2) is 6.61 Å². The summed E-state index contributed by atoms with van der Waals surface area (Å²) in [5.41, 5.74) is 1.33. The van der Waals surface area contributed by atoms with E-state index < -0.39 is 0 Å². The van der Waals surface area contributed by atoms with Crippen molar-refractivity contribution in [3.63, 3.8) is 0 Å². The van der Waals surface area contributed by atoms with E-state index in [4.69, 9.17) is 22.9 Å². The molecule has 0 atom stereocenters. The fraction of sp³-hybridized carbons (Fsp3) is 0.0625. The minimum absolute atomic E-state index is 0.235. The second kappa shape index (κ2) is 6.50. The third-order valence-corrected chi connectivity index (χ3v) is 2.58. The molecule has 2 rings (SSSR count). The Hall–Kier alpha value is -2.42. The number of benzene rings is 2. The molecule has 0 N–H and O–H groups in total. The zero-order valence-electron chi connectivity index (χ0n) is 10.1. The fourth-order valence-corrected chi connectivity index (χ4v) is 1.64. The van der Waals surface area contributed by atoms with Gasteiger partial charge in [-0.2, -0.15) is 0 Å². The highest BCUT2D eigenvalue weighted by Gasteiger charge is 2.03. The van der Waals surface area contributed by atoms with Gasteiger partial charge in [0.15, 0.2) is 0 Å². The van der Waals surface area contributed by atoms with Crippen molar-refractivity contribution in [2.45, 2.75) is 0 Å². The number of hydrogen-bond acceptors (Lipinski definition) is 1. The van der Waals surface area contributed by atoms with Crippen LogP contribution in [0.3, 0.4) is 0 Å². The lowest BCUT2D eigenvalue weighted by Crippen LogP contribution is -1.93. The lowest BCUT2D eigenvalue weighted by atomic mass is 10.2. The van der Waals surface area contributed by atoms with Crippen LogP contribution in [0.2, 0.25) is 5.02 Å². The number of nitrogens with zero attached hydrogens (tertiary/aromatic N) is 1. The number of rotatable bonds is 2. The van der Waals surface area contributed by atoms with E-state index in [-0.39, 0.29) is 6.61 Å². The highest BCUT2D eigenvalue weighted by Crippen LogP contribution is 2.30. The first-order valence-electron chi connectivity index (χ1n) is 5.63. The van der Waals surface area contributed by atoms with Gasteiger partial charge in [0.05, 0.1) is 6.57 Å². The molecule has 19 heavy (non-hydrogen) atoms. The molecule has 0 heterocycles. The van der Waals surface area contributed by atoms with Crippen molar-refractivity contribution < 1.29 is 4.74 Å². The summed E-state index contributed by atoms with van der Waals surface area (Å²) in [6.45, 7) is 7.28. The van der Waals surface area contributed by atoms with Crippen LogP contribution in [0.4, 0.5) is 5.69 Å². The van der Waals surface area contributed by atoms with E-state index in [1.54, 1.807) is 18.2 Å². The van der Waals surface area contributed by atoms with Crippen molar-refractivity contribution >= 4 is 17.3 Å². The maximum atomic E-state index is 7.05. The maximum absolute atomic E-state index is 7.05. The van der Waals surface area contributed by atoms with Crippen molar-refractivity contribution in [3.05, 3.63) is 70.5 Å². The predicted molar refractivity (Wildman–Crippen MR) is 76.5 cm³/mol. The highest BCUT2D eigenvalue weighted by molar-refractivity contribution is 6.30. The Labute approximate surface area is 117 Å². The molecule has 0 aliphatic carbocycles. The molecule has 0 amide bonds. The van der Waals surface area contributed by atoms with Crippen LogP contribution >= 0.6 is 11.6 Å². The van der Waals surface area contributed by atoms with Gasteiger partial charge in [-0.15, -0.1) is 0 Å². The molecule has 3 heteroatoms. The lowest BCUT2D eigenvalue weighted by molar-refractivity contribution is 0.372. The molecule has 2 aromatic rings. The van der Waals surface area contributed by atoms with Gasteiger partial charge in [0, 0.05) is 10.6 Å². The molecule has 0 radical (unpaired) electrons. The first-order chi connectivity index (χ1) is 9.29. The van der Waals surface area contributed by atoms with E-state index in [0.717, 1.165) is 5.56 Å². The average molecular weight is 268 g/mol. The highest BCUT2D eigenvalue weighted by atomic mass is 35.5. The standard InChI is InChI=1S/C16H10ClNO/c1-18-15-12-14(17)9-10-16(15)19-11-5-8-13-6-3-2-4-7-13/h2-4,6-7,9-10,12H,11H2. The molecule has 0 spiro atoms. The van der Waals surface area contributed by atoms with E-state index in [0.29, 0.717) is 16.5 Å². The van der Waals surface area contributed by atoms with Gasteiger partial charge in [-0.05, 0) is 30.3 Å². The zero-order chi connectivity index (χ0) is 13.5. The number of halogens is 1. The molecular formula is C16H10ClNO. The van der Waals surface area contributed by atoms with Crippen molar-refractivity contribution in [2.75, 3.05) is 6.61 Å². The van der Waals surface area contributed by atoms with E-state index >= 15 is 0 Å². The van der Waals surface area contributed by atoms with E-state index in [9.17, 15) is 0 Å². The van der Waals surface area contributed by atoms with Crippen LogP contribution < -0.4 is 4.74 Å². The summed E-state index contributed by atoms with van der Waals surface area (Å²) < 4.78 is 5.46. The first kappa shape index (κ1) is 13.0. The molecule has 0 saturated heterocycles. The smallest absolute Gasteiger partial charge is 0.229 e. The molecule has 2 aromatic carbocycles. The minimum atomic E-state index is 0.235. The summed E-state index contributed by atoms with van der Waals surface area (Å²) in [6.07, 6.45) is 0. The fourth-order valence-electron chi connectivity index (χ4n) is 1.47.